The smallest absolute Gasteiger partial charge is 0.243 e. The van der Waals surface area contributed by atoms with Crippen LogP contribution in [-0.2, 0) is 10.0 Å². The van der Waals surface area contributed by atoms with Gasteiger partial charge in [-0.25, -0.2) is 8.42 Å². The monoisotopic (exact) mass is 346 g/mol. The van der Waals surface area contributed by atoms with Gasteiger partial charge >= 0.3 is 0 Å². The number of benzene rings is 1. The highest BCUT2D eigenvalue weighted by Gasteiger charge is 2.31. The maximum absolute atomic E-state index is 12.6. The molecule has 0 unspecified atom stereocenters. The Morgan fingerprint density at radius 3 is 2.84 bits per heavy atom. The molecule has 1 aliphatic heterocycles. The van der Waals surface area contributed by atoms with E-state index >= 15 is 0 Å². The van der Waals surface area contributed by atoms with Crippen LogP contribution in [0.25, 0.3) is 0 Å². The molecule has 0 aromatic heterocycles. The first kappa shape index (κ1) is 15.0. The molecule has 0 radical (unpaired) electrons. The van der Waals surface area contributed by atoms with Crippen molar-refractivity contribution < 1.29 is 8.42 Å². The van der Waals surface area contributed by atoms with Crippen molar-refractivity contribution in [2.75, 3.05) is 13.1 Å². The topological polar surface area (TPSA) is 63.4 Å². The Labute approximate surface area is 123 Å². The quantitative estimate of drug-likeness (QED) is 0.912. The van der Waals surface area contributed by atoms with Crippen molar-refractivity contribution in [2.45, 2.75) is 30.7 Å². The standard InChI is InChI=1S/C13H19BrN2O2S/c1-10(15)11-4-3-7-16(9-11)19(17,18)13-6-2-5-12(14)8-13/h2,5-6,8,10-11H,3-4,7,9,15H2,1H3/t10-,11+/m1/s1. The number of hydrogen-bond acceptors (Lipinski definition) is 3. The minimum Gasteiger partial charge on any atom is -0.328 e. The fourth-order valence-electron chi connectivity index (χ4n) is 2.40. The maximum atomic E-state index is 12.6. The molecular weight excluding hydrogens is 328 g/mol. The van der Waals surface area contributed by atoms with Crippen molar-refractivity contribution in [1.82, 2.24) is 4.31 Å². The lowest BCUT2D eigenvalue weighted by Gasteiger charge is -2.33. The van der Waals surface area contributed by atoms with Crippen LogP contribution in [0.5, 0.6) is 0 Å². The van der Waals surface area contributed by atoms with Crippen molar-refractivity contribution in [2.24, 2.45) is 11.7 Å². The summed E-state index contributed by atoms with van der Waals surface area (Å²) in [5, 5.41) is 0. The average Bonchev–Trinajstić information content (AvgIpc) is 2.39. The summed E-state index contributed by atoms with van der Waals surface area (Å²) in [4.78, 5) is 0.340. The fraction of sp³-hybridized carbons (Fsp3) is 0.538. The Bertz CT molecular complexity index is 545. The van der Waals surface area contributed by atoms with Crippen molar-refractivity contribution in [1.29, 1.82) is 0 Å². The van der Waals surface area contributed by atoms with Gasteiger partial charge in [-0.2, -0.15) is 4.31 Å². The Hall–Kier alpha value is -0.430. The van der Waals surface area contributed by atoms with Gasteiger partial charge in [0.2, 0.25) is 10.0 Å². The fourth-order valence-corrected chi connectivity index (χ4v) is 4.53. The third-order valence-corrected chi connectivity index (χ3v) is 5.95. The normalized spacial score (nSPS) is 23.2. The van der Waals surface area contributed by atoms with E-state index in [-0.39, 0.29) is 12.0 Å². The summed E-state index contributed by atoms with van der Waals surface area (Å²) in [7, 11) is -3.40. The predicted octanol–water partition coefficient (Wildman–Crippen LogP) is 2.20. The molecule has 1 fully saturated rings. The molecule has 2 atom stereocenters. The average molecular weight is 347 g/mol. The lowest BCUT2D eigenvalue weighted by atomic mass is 9.93. The van der Waals surface area contributed by atoms with Gasteiger partial charge in [-0.05, 0) is 43.9 Å². The molecule has 2 rings (SSSR count). The van der Waals surface area contributed by atoms with Crippen LogP contribution in [0.1, 0.15) is 19.8 Å². The molecule has 6 heteroatoms. The van der Waals surface area contributed by atoms with E-state index in [1.165, 1.54) is 0 Å². The second kappa shape index (κ2) is 5.91. The minimum absolute atomic E-state index is 0.0282. The molecule has 1 aromatic rings. The highest BCUT2D eigenvalue weighted by molar-refractivity contribution is 9.10. The maximum Gasteiger partial charge on any atom is 0.243 e. The number of halogens is 1. The number of nitrogens with zero attached hydrogens (tertiary/aromatic N) is 1. The second-order valence-electron chi connectivity index (χ2n) is 5.08. The summed E-state index contributed by atoms with van der Waals surface area (Å²) >= 11 is 3.31. The van der Waals surface area contributed by atoms with E-state index in [0.717, 1.165) is 17.3 Å². The summed E-state index contributed by atoms with van der Waals surface area (Å²) in [6.45, 7) is 3.05. The van der Waals surface area contributed by atoms with E-state index in [4.69, 9.17) is 5.73 Å². The molecule has 0 saturated carbocycles. The molecular formula is C13H19BrN2O2S. The SMILES string of the molecule is C[C@@H](N)[C@H]1CCCN(S(=O)(=O)c2cccc(Br)c2)C1. The van der Waals surface area contributed by atoms with Gasteiger partial charge in [-0.15, -0.1) is 0 Å². The summed E-state index contributed by atoms with van der Waals surface area (Å²) in [6, 6.07) is 6.87. The van der Waals surface area contributed by atoms with E-state index in [1.807, 2.05) is 13.0 Å². The van der Waals surface area contributed by atoms with E-state index in [0.29, 0.717) is 18.0 Å². The zero-order valence-electron chi connectivity index (χ0n) is 10.9. The summed E-state index contributed by atoms with van der Waals surface area (Å²) in [5.41, 5.74) is 5.91. The van der Waals surface area contributed by atoms with Crippen LogP contribution in [0.15, 0.2) is 33.6 Å². The van der Waals surface area contributed by atoms with Gasteiger partial charge in [-0.3, -0.25) is 0 Å². The van der Waals surface area contributed by atoms with Gasteiger partial charge in [0.15, 0.2) is 0 Å². The summed E-state index contributed by atoms with van der Waals surface area (Å²) < 4.78 is 27.5. The van der Waals surface area contributed by atoms with E-state index < -0.39 is 10.0 Å². The number of rotatable bonds is 3. The lowest BCUT2D eigenvalue weighted by Crippen LogP contribution is -2.44. The Morgan fingerprint density at radius 2 is 2.21 bits per heavy atom. The molecule has 1 saturated heterocycles. The van der Waals surface area contributed by atoms with Crippen LogP contribution in [0.4, 0.5) is 0 Å². The van der Waals surface area contributed by atoms with E-state index in [9.17, 15) is 8.42 Å². The molecule has 0 bridgehead atoms. The molecule has 1 heterocycles. The van der Waals surface area contributed by atoms with Crippen molar-refractivity contribution in [3.05, 3.63) is 28.7 Å². The van der Waals surface area contributed by atoms with Crippen LogP contribution in [-0.4, -0.2) is 31.9 Å². The first-order chi connectivity index (χ1) is 8.91. The van der Waals surface area contributed by atoms with Crippen molar-refractivity contribution >= 4 is 26.0 Å². The van der Waals surface area contributed by atoms with Crippen LogP contribution >= 0.6 is 15.9 Å². The molecule has 106 valence electrons. The van der Waals surface area contributed by atoms with Crippen molar-refractivity contribution in [3.63, 3.8) is 0 Å². The molecule has 19 heavy (non-hydrogen) atoms. The number of nitrogens with two attached hydrogens (primary N) is 1. The Kier molecular flexibility index (Phi) is 4.66. The zero-order chi connectivity index (χ0) is 14.0. The predicted molar refractivity (Wildman–Crippen MR) is 79.3 cm³/mol. The first-order valence-electron chi connectivity index (χ1n) is 6.42. The highest BCUT2D eigenvalue weighted by Crippen LogP contribution is 2.26. The third kappa shape index (κ3) is 3.37. The third-order valence-electron chi connectivity index (χ3n) is 3.60. The van der Waals surface area contributed by atoms with Gasteiger partial charge in [0.05, 0.1) is 4.90 Å². The Morgan fingerprint density at radius 1 is 1.47 bits per heavy atom. The van der Waals surface area contributed by atoms with Crippen LogP contribution in [0.2, 0.25) is 0 Å². The number of sulfonamides is 1. The zero-order valence-corrected chi connectivity index (χ0v) is 13.3. The Balaban J connectivity index is 2.24. The van der Waals surface area contributed by atoms with E-state index in [2.05, 4.69) is 15.9 Å². The molecule has 1 aromatic carbocycles. The summed E-state index contributed by atoms with van der Waals surface area (Å²) in [5.74, 6) is 0.246. The van der Waals surface area contributed by atoms with Gasteiger partial charge in [0.25, 0.3) is 0 Å². The molecule has 0 aliphatic carbocycles. The molecule has 1 aliphatic rings. The molecule has 0 amide bonds. The molecule has 0 spiro atoms. The largest absolute Gasteiger partial charge is 0.328 e. The van der Waals surface area contributed by atoms with Gasteiger partial charge < -0.3 is 5.73 Å². The van der Waals surface area contributed by atoms with E-state index in [1.54, 1.807) is 22.5 Å². The first-order valence-corrected chi connectivity index (χ1v) is 8.66. The highest BCUT2D eigenvalue weighted by atomic mass is 79.9. The van der Waals surface area contributed by atoms with Crippen molar-refractivity contribution in [3.8, 4) is 0 Å². The minimum atomic E-state index is -3.40. The van der Waals surface area contributed by atoms with Crippen LogP contribution in [0.3, 0.4) is 0 Å². The summed E-state index contributed by atoms with van der Waals surface area (Å²) in [6.07, 6.45) is 1.88. The molecule has 2 N–H and O–H groups in total. The van der Waals surface area contributed by atoms with Gasteiger partial charge in [0, 0.05) is 23.6 Å². The lowest BCUT2D eigenvalue weighted by molar-refractivity contribution is 0.243. The van der Waals surface area contributed by atoms with Gasteiger partial charge in [0.1, 0.15) is 0 Å². The van der Waals surface area contributed by atoms with Crippen LogP contribution < -0.4 is 5.73 Å². The second-order valence-corrected chi connectivity index (χ2v) is 7.94. The number of hydrogen-bond donors (Lipinski definition) is 1. The number of piperidine rings is 1. The van der Waals surface area contributed by atoms with Crippen LogP contribution in [0, 0.1) is 5.92 Å². The van der Waals surface area contributed by atoms with Gasteiger partial charge in [-0.1, -0.05) is 22.0 Å². The molecule has 4 nitrogen and oxygen atoms in total.